The van der Waals surface area contributed by atoms with Crippen molar-refractivity contribution in [1.29, 1.82) is 5.26 Å². The molecular weight excluding hydrogens is 188 g/mol. The molecule has 3 heteroatoms. The molecule has 0 saturated carbocycles. The molecule has 15 heavy (non-hydrogen) atoms. The Bertz CT molecular complexity index is 344. The average molecular weight is 204 g/mol. The second kappa shape index (κ2) is 6.05. The van der Waals surface area contributed by atoms with Crippen LogP contribution in [0.1, 0.15) is 25.5 Å². The molecule has 0 unspecified atom stereocenters. The van der Waals surface area contributed by atoms with Gasteiger partial charge >= 0.3 is 0 Å². The zero-order valence-electron chi connectivity index (χ0n) is 9.16. The van der Waals surface area contributed by atoms with Crippen LogP contribution in [0, 0.1) is 11.3 Å². The lowest BCUT2D eigenvalue weighted by atomic mass is 10.1. The third-order valence-corrected chi connectivity index (χ3v) is 2.16. The van der Waals surface area contributed by atoms with Gasteiger partial charge in [0.2, 0.25) is 0 Å². The van der Waals surface area contributed by atoms with E-state index in [0.29, 0.717) is 13.2 Å². The molecule has 0 bridgehead atoms. The number of nitrogens with one attached hydrogen (secondary N) is 1. The van der Waals surface area contributed by atoms with Gasteiger partial charge in [-0.3, -0.25) is 5.32 Å². The Morgan fingerprint density at radius 1 is 1.53 bits per heavy atom. The van der Waals surface area contributed by atoms with E-state index in [-0.39, 0.29) is 6.04 Å². The van der Waals surface area contributed by atoms with E-state index in [1.54, 1.807) is 0 Å². The van der Waals surface area contributed by atoms with Crippen LogP contribution < -0.4 is 10.1 Å². The van der Waals surface area contributed by atoms with Gasteiger partial charge in [-0.1, -0.05) is 12.1 Å². The van der Waals surface area contributed by atoms with E-state index in [1.165, 1.54) is 0 Å². The van der Waals surface area contributed by atoms with Gasteiger partial charge in [0.05, 0.1) is 19.2 Å². The fourth-order valence-corrected chi connectivity index (χ4v) is 1.36. The summed E-state index contributed by atoms with van der Waals surface area (Å²) in [6.45, 7) is 5.02. The summed E-state index contributed by atoms with van der Waals surface area (Å²) in [7, 11) is 0. The molecule has 0 aromatic heterocycles. The van der Waals surface area contributed by atoms with Crippen molar-refractivity contribution in [3.63, 3.8) is 0 Å². The zero-order valence-corrected chi connectivity index (χ0v) is 9.16. The largest absolute Gasteiger partial charge is 0.494 e. The summed E-state index contributed by atoms with van der Waals surface area (Å²) in [5.74, 6) is 0.876. The third-order valence-electron chi connectivity index (χ3n) is 2.16. The van der Waals surface area contributed by atoms with Gasteiger partial charge in [0, 0.05) is 6.04 Å². The van der Waals surface area contributed by atoms with E-state index in [2.05, 4.69) is 11.4 Å². The fourth-order valence-electron chi connectivity index (χ4n) is 1.36. The summed E-state index contributed by atoms with van der Waals surface area (Å²) in [5, 5.41) is 11.6. The molecule has 0 saturated heterocycles. The van der Waals surface area contributed by atoms with Gasteiger partial charge in [-0.25, -0.2) is 0 Å². The number of hydrogen-bond acceptors (Lipinski definition) is 3. The molecule has 3 nitrogen and oxygen atoms in total. The van der Waals surface area contributed by atoms with Gasteiger partial charge in [-0.05, 0) is 31.5 Å². The van der Waals surface area contributed by atoms with Crippen molar-refractivity contribution >= 4 is 0 Å². The molecule has 0 heterocycles. The molecule has 0 spiro atoms. The maximum Gasteiger partial charge on any atom is 0.119 e. The van der Waals surface area contributed by atoms with Gasteiger partial charge in [0.1, 0.15) is 5.75 Å². The fraction of sp³-hybridized carbons (Fsp3) is 0.417. The molecule has 0 amide bonds. The molecule has 1 N–H and O–H groups in total. The number of hydrogen-bond donors (Lipinski definition) is 1. The first-order chi connectivity index (χ1) is 7.27. The summed E-state index contributed by atoms with van der Waals surface area (Å²) in [4.78, 5) is 0. The van der Waals surface area contributed by atoms with Crippen LogP contribution in [0.4, 0.5) is 0 Å². The normalized spacial score (nSPS) is 11.8. The molecule has 0 radical (unpaired) electrons. The topological polar surface area (TPSA) is 45.0 Å². The van der Waals surface area contributed by atoms with Crippen LogP contribution in [0.3, 0.4) is 0 Å². The minimum Gasteiger partial charge on any atom is -0.494 e. The Labute approximate surface area is 90.7 Å². The molecule has 80 valence electrons. The molecule has 0 aliphatic rings. The number of rotatable bonds is 5. The molecule has 1 aromatic rings. The van der Waals surface area contributed by atoms with Crippen LogP contribution in [0.2, 0.25) is 0 Å². The summed E-state index contributed by atoms with van der Waals surface area (Å²) in [6.07, 6.45) is 0. The predicted octanol–water partition coefficient (Wildman–Crippen LogP) is 2.26. The molecule has 1 aromatic carbocycles. The smallest absolute Gasteiger partial charge is 0.119 e. The lowest BCUT2D eigenvalue weighted by molar-refractivity contribution is 0.339. The van der Waals surface area contributed by atoms with Crippen LogP contribution in [-0.2, 0) is 0 Å². The van der Waals surface area contributed by atoms with E-state index in [0.717, 1.165) is 11.3 Å². The lowest BCUT2D eigenvalue weighted by Gasteiger charge is -2.13. The summed E-state index contributed by atoms with van der Waals surface area (Å²) >= 11 is 0. The standard InChI is InChI=1S/C12H16N2O/c1-3-15-12-6-4-5-11(9-12)10(2)14-8-7-13/h4-6,9-10,14H,3,8H2,1-2H3/t10-/m1/s1. The average Bonchev–Trinajstić information content (AvgIpc) is 2.27. The van der Waals surface area contributed by atoms with Crippen molar-refractivity contribution in [1.82, 2.24) is 5.32 Å². The monoisotopic (exact) mass is 204 g/mol. The van der Waals surface area contributed by atoms with Crippen LogP contribution in [0.25, 0.3) is 0 Å². The summed E-state index contributed by atoms with van der Waals surface area (Å²) in [5.41, 5.74) is 1.14. The van der Waals surface area contributed by atoms with Gasteiger partial charge in [-0.15, -0.1) is 0 Å². The SMILES string of the molecule is CCOc1cccc([C@@H](C)NCC#N)c1. The Morgan fingerprint density at radius 3 is 3.00 bits per heavy atom. The molecule has 1 rings (SSSR count). The van der Waals surface area contributed by atoms with Crippen LogP contribution in [0.15, 0.2) is 24.3 Å². The highest BCUT2D eigenvalue weighted by Gasteiger charge is 2.04. The molecule has 0 aliphatic heterocycles. The van der Waals surface area contributed by atoms with Crippen molar-refractivity contribution in [2.24, 2.45) is 0 Å². The highest BCUT2D eigenvalue weighted by Crippen LogP contribution is 2.18. The zero-order chi connectivity index (χ0) is 11.1. The van der Waals surface area contributed by atoms with Gasteiger partial charge in [0.25, 0.3) is 0 Å². The van der Waals surface area contributed by atoms with Crippen LogP contribution in [-0.4, -0.2) is 13.2 Å². The van der Waals surface area contributed by atoms with Crippen LogP contribution >= 0.6 is 0 Å². The predicted molar refractivity (Wildman–Crippen MR) is 59.6 cm³/mol. The summed E-state index contributed by atoms with van der Waals surface area (Å²) < 4.78 is 5.41. The van der Waals surface area contributed by atoms with Crippen molar-refractivity contribution in [2.45, 2.75) is 19.9 Å². The van der Waals surface area contributed by atoms with E-state index >= 15 is 0 Å². The second-order valence-corrected chi connectivity index (χ2v) is 3.27. The first kappa shape index (κ1) is 11.5. The van der Waals surface area contributed by atoms with E-state index in [4.69, 9.17) is 10.00 Å². The number of nitriles is 1. The van der Waals surface area contributed by atoms with Gasteiger partial charge in [0.15, 0.2) is 0 Å². The van der Waals surface area contributed by atoms with Crippen molar-refractivity contribution in [2.75, 3.05) is 13.2 Å². The second-order valence-electron chi connectivity index (χ2n) is 3.27. The molecule has 0 aliphatic carbocycles. The number of ether oxygens (including phenoxy) is 1. The highest BCUT2D eigenvalue weighted by atomic mass is 16.5. The molecule has 1 atom stereocenters. The quantitative estimate of drug-likeness (QED) is 0.748. The number of benzene rings is 1. The lowest BCUT2D eigenvalue weighted by Crippen LogP contribution is -2.18. The Hall–Kier alpha value is -1.53. The third kappa shape index (κ3) is 3.61. The minimum atomic E-state index is 0.171. The highest BCUT2D eigenvalue weighted by molar-refractivity contribution is 5.30. The minimum absolute atomic E-state index is 0.171. The van der Waals surface area contributed by atoms with Gasteiger partial charge < -0.3 is 4.74 Å². The van der Waals surface area contributed by atoms with Crippen molar-refractivity contribution in [3.8, 4) is 11.8 Å². The maximum absolute atomic E-state index is 8.46. The first-order valence-electron chi connectivity index (χ1n) is 5.11. The van der Waals surface area contributed by atoms with E-state index in [9.17, 15) is 0 Å². The maximum atomic E-state index is 8.46. The van der Waals surface area contributed by atoms with Crippen molar-refractivity contribution in [3.05, 3.63) is 29.8 Å². The van der Waals surface area contributed by atoms with Crippen molar-refractivity contribution < 1.29 is 4.74 Å². The Kier molecular flexibility index (Phi) is 4.65. The van der Waals surface area contributed by atoms with E-state index in [1.807, 2.05) is 38.1 Å². The van der Waals surface area contributed by atoms with Gasteiger partial charge in [-0.2, -0.15) is 5.26 Å². The number of nitrogens with zero attached hydrogens (tertiary/aromatic N) is 1. The Morgan fingerprint density at radius 2 is 2.33 bits per heavy atom. The first-order valence-corrected chi connectivity index (χ1v) is 5.11. The summed E-state index contributed by atoms with van der Waals surface area (Å²) in [6, 6.07) is 10.2. The molecular formula is C12H16N2O. The molecule has 0 fully saturated rings. The Balaban J connectivity index is 2.67. The van der Waals surface area contributed by atoms with E-state index < -0.39 is 0 Å². The van der Waals surface area contributed by atoms with Crippen LogP contribution in [0.5, 0.6) is 5.75 Å².